The Balaban J connectivity index is 1.64. The predicted octanol–water partition coefficient (Wildman–Crippen LogP) is 7.35. The van der Waals surface area contributed by atoms with Crippen LogP contribution in [0.1, 0.15) is 25.7 Å². The van der Waals surface area contributed by atoms with Gasteiger partial charge in [-0.3, -0.25) is 0 Å². The van der Waals surface area contributed by atoms with Gasteiger partial charge in [0, 0.05) is 0 Å². The van der Waals surface area contributed by atoms with E-state index < -0.39 is 0 Å². The highest BCUT2D eigenvalue weighted by Gasteiger charge is 2.24. The Morgan fingerprint density at radius 2 is 1.19 bits per heavy atom. The lowest BCUT2D eigenvalue weighted by Gasteiger charge is -2.28. The van der Waals surface area contributed by atoms with Crippen molar-refractivity contribution in [2.75, 3.05) is 12.3 Å². The third-order valence-corrected chi connectivity index (χ3v) is 18.1. The number of benzene rings is 3. The highest BCUT2D eigenvalue weighted by Crippen LogP contribution is 2.78. The van der Waals surface area contributed by atoms with E-state index in [2.05, 4.69) is 84.9 Å². The molecule has 0 aromatic heterocycles. The lowest BCUT2D eigenvalue weighted by atomic mass is 10.1. The molecule has 1 aliphatic heterocycles. The van der Waals surface area contributed by atoms with Crippen LogP contribution in [-0.2, 0) is 0 Å². The van der Waals surface area contributed by atoms with E-state index in [1.54, 1.807) is 10.6 Å². The van der Waals surface area contributed by atoms with Crippen LogP contribution >= 0.6 is 23.2 Å². The Hall–Kier alpha value is -1.05. The monoisotopic (exact) mass is 408 g/mol. The summed E-state index contributed by atoms with van der Waals surface area (Å²) in [6, 6.07) is 31.8. The van der Waals surface area contributed by atoms with Crippen LogP contribution in [0.4, 0.5) is 0 Å². The standard InChI is InChI=1S/C24H27P3/c1-2-10-20-26(27(25-19-9-1)24-13-7-4-8-14-24)23-17-15-22(16-18-23)21-11-5-3-6-12-21/h3-8,11-18,25H,1-2,9-10,19-20H2. The molecule has 0 saturated carbocycles. The molecule has 3 aromatic carbocycles. The average molecular weight is 408 g/mol. The third-order valence-electron chi connectivity index (χ3n) is 5.07. The lowest BCUT2D eigenvalue weighted by molar-refractivity contribution is 0.711. The minimum atomic E-state index is -0.0714. The van der Waals surface area contributed by atoms with Crippen molar-refractivity contribution in [3.05, 3.63) is 84.9 Å². The molecule has 27 heavy (non-hydrogen) atoms. The van der Waals surface area contributed by atoms with Crippen molar-refractivity contribution in [2.45, 2.75) is 25.7 Å². The molecule has 3 heteroatoms. The Bertz CT molecular complexity index is 815. The van der Waals surface area contributed by atoms with E-state index in [1.807, 2.05) is 0 Å². The first-order valence-electron chi connectivity index (χ1n) is 9.93. The second-order valence-electron chi connectivity index (χ2n) is 7.01. The van der Waals surface area contributed by atoms with Crippen molar-refractivity contribution >= 4 is 33.8 Å². The molecule has 0 N–H and O–H groups in total. The summed E-state index contributed by atoms with van der Waals surface area (Å²) >= 11 is 0. The Morgan fingerprint density at radius 1 is 0.556 bits per heavy atom. The molecule has 0 bridgehead atoms. The zero-order valence-electron chi connectivity index (χ0n) is 15.7. The molecule has 4 rings (SSSR count). The van der Waals surface area contributed by atoms with Crippen molar-refractivity contribution in [2.24, 2.45) is 0 Å². The topological polar surface area (TPSA) is 0 Å². The fraction of sp³-hybridized carbons (Fsp3) is 0.250. The Kier molecular flexibility index (Phi) is 7.09. The summed E-state index contributed by atoms with van der Waals surface area (Å²) < 4.78 is 0. The van der Waals surface area contributed by atoms with Crippen LogP contribution in [0, 0.1) is 0 Å². The zero-order chi connectivity index (χ0) is 18.3. The zero-order valence-corrected chi connectivity index (χ0v) is 18.5. The van der Waals surface area contributed by atoms with Crippen LogP contribution in [0.5, 0.6) is 0 Å². The molecule has 3 unspecified atom stereocenters. The van der Waals surface area contributed by atoms with Gasteiger partial charge in [-0.05, 0) is 61.8 Å². The summed E-state index contributed by atoms with van der Waals surface area (Å²) in [5.74, 6) is 0. The maximum absolute atomic E-state index is 2.44. The average Bonchev–Trinajstić information content (AvgIpc) is 2.87. The summed E-state index contributed by atoms with van der Waals surface area (Å²) in [5, 5.41) is 3.25. The molecular formula is C24H27P3. The highest BCUT2D eigenvalue weighted by molar-refractivity contribution is 8.60. The molecule has 0 spiro atoms. The van der Waals surface area contributed by atoms with Gasteiger partial charge in [0.05, 0.1) is 0 Å². The molecule has 1 aliphatic rings. The van der Waals surface area contributed by atoms with Gasteiger partial charge in [-0.25, -0.2) is 0 Å². The molecule has 1 heterocycles. The van der Waals surface area contributed by atoms with E-state index in [0.29, 0.717) is 0 Å². The van der Waals surface area contributed by atoms with Crippen molar-refractivity contribution in [1.82, 2.24) is 0 Å². The van der Waals surface area contributed by atoms with Gasteiger partial charge in [0.15, 0.2) is 0 Å². The molecule has 1 saturated heterocycles. The van der Waals surface area contributed by atoms with Gasteiger partial charge in [0.25, 0.3) is 0 Å². The predicted molar refractivity (Wildman–Crippen MR) is 128 cm³/mol. The van der Waals surface area contributed by atoms with Gasteiger partial charge in [0.2, 0.25) is 0 Å². The molecular weight excluding hydrogens is 381 g/mol. The first-order valence-corrected chi connectivity index (χ1v) is 15.6. The van der Waals surface area contributed by atoms with Crippen LogP contribution in [-0.4, -0.2) is 12.3 Å². The van der Waals surface area contributed by atoms with E-state index in [0.717, 1.165) is 8.27 Å². The quantitative estimate of drug-likeness (QED) is 0.398. The first kappa shape index (κ1) is 19.3. The van der Waals surface area contributed by atoms with Gasteiger partial charge in [-0.15, -0.1) is 0 Å². The molecule has 0 aliphatic carbocycles. The van der Waals surface area contributed by atoms with Crippen LogP contribution in [0.15, 0.2) is 84.9 Å². The minimum absolute atomic E-state index is 0.0386. The lowest BCUT2D eigenvalue weighted by Crippen LogP contribution is -2.06. The maximum Gasteiger partial charge on any atom is -0.0153 e. The van der Waals surface area contributed by atoms with Crippen LogP contribution in [0.2, 0.25) is 0 Å². The largest absolute Gasteiger partial charge is 0.0866 e. The van der Waals surface area contributed by atoms with Crippen molar-refractivity contribution in [3.63, 3.8) is 0 Å². The number of hydrogen-bond donors (Lipinski definition) is 0. The van der Waals surface area contributed by atoms with E-state index >= 15 is 0 Å². The van der Waals surface area contributed by atoms with Crippen LogP contribution < -0.4 is 10.6 Å². The summed E-state index contributed by atoms with van der Waals surface area (Å²) in [5.41, 5.74) is 2.66. The van der Waals surface area contributed by atoms with E-state index in [-0.39, 0.29) is 14.9 Å². The van der Waals surface area contributed by atoms with Crippen LogP contribution in [0.3, 0.4) is 0 Å². The van der Waals surface area contributed by atoms with E-state index in [1.165, 1.54) is 49.1 Å². The first-order chi connectivity index (χ1) is 13.4. The third kappa shape index (κ3) is 5.06. The molecule has 3 atom stereocenters. The molecule has 0 radical (unpaired) electrons. The molecule has 3 aromatic rings. The van der Waals surface area contributed by atoms with Gasteiger partial charge in [-0.2, -0.15) is 0 Å². The fourth-order valence-corrected chi connectivity index (χ4v) is 17.4. The van der Waals surface area contributed by atoms with Gasteiger partial charge < -0.3 is 0 Å². The normalized spacial score (nSPS) is 21.9. The van der Waals surface area contributed by atoms with Gasteiger partial charge in [-0.1, -0.05) is 106 Å². The molecule has 1 fully saturated rings. The van der Waals surface area contributed by atoms with Crippen molar-refractivity contribution < 1.29 is 0 Å². The number of hydrogen-bond acceptors (Lipinski definition) is 0. The second kappa shape index (κ2) is 9.94. The maximum atomic E-state index is 2.44. The fourth-order valence-electron chi connectivity index (χ4n) is 3.61. The SMILES string of the molecule is c1ccc(-c2ccc(P3CCCCCCPP3c3ccccc3)cc2)cc1. The highest BCUT2D eigenvalue weighted by atomic mass is 32.5. The smallest absolute Gasteiger partial charge is 0.0153 e. The summed E-state index contributed by atoms with van der Waals surface area (Å²) in [4.78, 5) is 0. The van der Waals surface area contributed by atoms with Gasteiger partial charge >= 0.3 is 0 Å². The van der Waals surface area contributed by atoms with Crippen molar-refractivity contribution in [1.29, 1.82) is 0 Å². The van der Waals surface area contributed by atoms with Crippen molar-refractivity contribution in [3.8, 4) is 11.1 Å². The summed E-state index contributed by atoms with van der Waals surface area (Å²) in [7, 11) is 1.01. The minimum Gasteiger partial charge on any atom is -0.0866 e. The molecule has 0 amide bonds. The van der Waals surface area contributed by atoms with E-state index in [4.69, 9.17) is 0 Å². The van der Waals surface area contributed by atoms with E-state index in [9.17, 15) is 0 Å². The second-order valence-corrected chi connectivity index (χ2v) is 16.8. The Morgan fingerprint density at radius 3 is 1.93 bits per heavy atom. The summed E-state index contributed by atoms with van der Waals surface area (Å²) in [6.45, 7) is 0. The summed E-state index contributed by atoms with van der Waals surface area (Å²) in [6.07, 6.45) is 8.53. The van der Waals surface area contributed by atoms with Gasteiger partial charge in [0.1, 0.15) is 0 Å². The Labute approximate surface area is 167 Å². The molecule has 0 nitrogen and oxygen atoms in total. The molecule has 138 valence electrons. The number of rotatable bonds is 3. The van der Waals surface area contributed by atoms with Crippen LogP contribution in [0.25, 0.3) is 11.1 Å².